The lowest BCUT2D eigenvalue weighted by Crippen LogP contribution is -1.96. The Morgan fingerprint density at radius 2 is 1.88 bits per heavy atom. The molecule has 1 heterocycles. The Morgan fingerprint density at radius 1 is 1.25 bits per heavy atom. The number of hydrogen-bond donors (Lipinski definition) is 0. The molecule has 0 atom stereocenters. The summed E-state index contributed by atoms with van der Waals surface area (Å²) in [4.78, 5) is 0. The third kappa shape index (κ3) is 1.74. The highest BCUT2D eigenvalue weighted by Crippen LogP contribution is 2.23. The number of rotatable bonds is 1. The van der Waals surface area contributed by atoms with Crippen molar-refractivity contribution < 1.29 is 0 Å². The molecule has 2 aromatic rings. The SMILES string of the molecule is Cc1ccc(-n2nc(C)c(C#N)c2Br)cc1. The summed E-state index contributed by atoms with van der Waals surface area (Å²) in [5.41, 5.74) is 3.46. The summed E-state index contributed by atoms with van der Waals surface area (Å²) in [7, 11) is 0. The van der Waals surface area contributed by atoms with Crippen LogP contribution in [0.5, 0.6) is 0 Å². The van der Waals surface area contributed by atoms with Gasteiger partial charge in [-0.05, 0) is 41.9 Å². The van der Waals surface area contributed by atoms with Crippen LogP contribution in [0, 0.1) is 25.2 Å². The van der Waals surface area contributed by atoms with Gasteiger partial charge in [0.1, 0.15) is 16.2 Å². The van der Waals surface area contributed by atoms with E-state index in [2.05, 4.69) is 27.1 Å². The van der Waals surface area contributed by atoms with Gasteiger partial charge in [-0.3, -0.25) is 0 Å². The van der Waals surface area contributed by atoms with E-state index in [1.54, 1.807) is 4.68 Å². The van der Waals surface area contributed by atoms with Crippen LogP contribution >= 0.6 is 15.9 Å². The number of aryl methyl sites for hydroxylation is 2. The van der Waals surface area contributed by atoms with Gasteiger partial charge in [-0.25, -0.2) is 4.68 Å². The fraction of sp³-hybridized carbons (Fsp3) is 0.167. The van der Waals surface area contributed by atoms with Crippen LogP contribution < -0.4 is 0 Å². The maximum absolute atomic E-state index is 8.97. The Hall–Kier alpha value is -1.60. The van der Waals surface area contributed by atoms with Gasteiger partial charge in [-0.2, -0.15) is 10.4 Å². The summed E-state index contributed by atoms with van der Waals surface area (Å²) in [5, 5.41) is 13.3. The van der Waals surface area contributed by atoms with E-state index in [-0.39, 0.29) is 0 Å². The Kier molecular flexibility index (Phi) is 2.80. The van der Waals surface area contributed by atoms with E-state index >= 15 is 0 Å². The van der Waals surface area contributed by atoms with Crippen molar-refractivity contribution in [2.75, 3.05) is 0 Å². The van der Waals surface area contributed by atoms with Gasteiger partial charge in [0.05, 0.1) is 11.4 Å². The molecule has 3 nitrogen and oxygen atoms in total. The summed E-state index contributed by atoms with van der Waals surface area (Å²) in [6.07, 6.45) is 0. The lowest BCUT2D eigenvalue weighted by molar-refractivity contribution is 0.845. The molecule has 0 amide bonds. The van der Waals surface area contributed by atoms with Gasteiger partial charge in [0.2, 0.25) is 0 Å². The highest BCUT2D eigenvalue weighted by molar-refractivity contribution is 9.10. The van der Waals surface area contributed by atoms with Crippen molar-refractivity contribution in [2.45, 2.75) is 13.8 Å². The van der Waals surface area contributed by atoms with Crippen LogP contribution in [0.3, 0.4) is 0 Å². The third-order valence-corrected chi connectivity index (χ3v) is 3.13. The third-order valence-electron chi connectivity index (χ3n) is 2.39. The second-order valence-electron chi connectivity index (χ2n) is 3.61. The Morgan fingerprint density at radius 3 is 2.38 bits per heavy atom. The van der Waals surface area contributed by atoms with Crippen LogP contribution in [0.4, 0.5) is 0 Å². The number of aromatic nitrogens is 2. The maximum Gasteiger partial charge on any atom is 0.128 e. The minimum Gasteiger partial charge on any atom is -0.225 e. The molecular weight excluding hydrogens is 266 g/mol. The van der Waals surface area contributed by atoms with Gasteiger partial charge in [0.25, 0.3) is 0 Å². The fourth-order valence-electron chi connectivity index (χ4n) is 1.48. The van der Waals surface area contributed by atoms with Gasteiger partial charge in [0, 0.05) is 0 Å². The van der Waals surface area contributed by atoms with Crippen LogP contribution in [0.25, 0.3) is 5.69 Å². The molecule has 0 unspecified atom stereocenters. The molecule has 0 spiro atoms. The van der Waals surface area contributed by atoms with Crippen LogP contribution in [-0.2, 0) is 0 Å². The average Bonchev–Trinajstić information content (AvgIpc) is 2.55. The molecule has 0 saturated heterocycles. The molecule has 0 radical (unpaired) electrons. The predicted octanol–water partition coefficient (Wildman–Crippen LogP) is 3.12. The number of halogens is 1. The first-order valence-electron chi connectivity index (χ1n) is 4.85. The van der Waals surface area contributed by atoms with Crippen molar-refractivity contribution in [3.8, 4) is 11.8 Å². The smallest absolute Gasteiger partial charge is 0.128 e. The summed E-state index contributed by atoms with van der Waals surface area (Å²) >= 11 is 3.40. The van der Waals surface area contributed by atoms with Crippen molar-refractivity contribution in [1.29, 1.82) is 5.26 Å². The average molecular weight is 276 g/mol. The summed E-state index contributed by atoms with van der Waals surface area (Å²) in [6, 6.07) is 10.1. The van der Waals surface area contributed by atoms with Gasteiger partial charge in [0.15, 0.2) is 0 Å². The van der Waals surface area contributed by atoms with Gasteiger partial charge >= 0.3 is 0 Å². The minimum atomic E-state index is 0.584. The molecule has 0 bridgehead atoms. The highest BCUT2D eigenvalue weighted by atomic mass is 79.9. The zero-order valence-electron chi connectivity index (χ0n) is 9.03. The fourth-order valence-corrected chi connectivity index (χ4v) is 2.14. The molecule has 1 aromatic heterocycles. The monoisotopic (exact) mass is 275 g/mol. The first kappa shape index (κ1) is 10.9. The molecule has 0 N–H and O–H groups in total. The van der Waals surface area contributed by atoms with Crippen molar-refractivity contribution in [3.05, 3.63) is 45.7 Å². The van der Waals surface area contributed by atoms with Crippen LogP contribution in [0.1, 0.15) is 16.8 Å². The molecule has 0 aliphatic heterocycles. The number of nitriles is 1. The number of hydrogen-bond acceptors (Lipinski definition) is 2. The zero-order chi connectivity index (χ0) is 11.7. The van der Waals surface area contributed by atoms with Gasteiger partial charge in [-0.15, -0.1) is 0 Å². The van der Waals surface area contributed by atoms with E-state index in [9.17, 15) is 0 Å². The summed E-state index contributed by atoms with van der Waals surface area (Å²) < 4.78 is 2.43. The second kappa shape index (κ2) is 4.11. The van der Waals surface area contributed by atoms with Gasteiger partial charge < -0.3 is 0 Å². The first-order chi connectivity index (χ1) is 7.63. The molecule has 1 aromatic carbocycles. The molecule has 80 valence electrons. The van der Waals surface area contributed by atoms with E-state index in [4.69, 9.17) is 5.26 Å². The topological polar surface area (TPSA) is 41.6 Å². The summed E-state index contributed by atoms with van der Waals surface area (Å²) in [5.74, 6) is 0. The predicted molar refractivity (Wildman–Crippen MR) is 65.5 cm³/mol. The Balaban J connectivity index is 2.58. The Bertz CT molecular complexity index is 561. The van der Waals surface area contributed by atoms with Crippen LogP contribution in [0.2, 0.25) is 0 Å². The quantitative estimate of drug-likeness (QED) is 0.803. The zero-order valence-corrected chi connectivity index (χ0v) is 10.6. The van der Waals surface area contributed by atoms with Crippen LogP contribution in [0.15, 0.2) is 28.9 Å². The standard InChI is InChI=1S/C12H10BrN3/c1-8-3-5-10(6-4-8)16-12(13)11(7-14)9(2)15-16/h3-6H,1-2H3. The van der Waals surface area contributed by atoms with E-state index < -0.39 is 0 Å². The van der Waals surface area contributed by atoms with Crippen molar-refractivity contribution >= 4 is 15.9 Å². The first-order valence-corrected chi connectivity index (χ1v) is 5.65. The van der Waals surface area contributed by atoms with Crippen molar-refractivity contribution in [1.82, 2.24) is 9.78 Å². The largest absolute Gasteiger partial charge is 0.225 e. The summed E-state index contributed by atoms with van der Waals surface area (Å²) in [6.45, 7) is 3.86. The molecule has 0 aliphatic rings. The molecule has 4 heteroatoms. The van der Waals surface area contributed by atoms with Crippen molar-refractivity contribution in [3.63, 3.8) is 0 Å². The molecule has 0 saturated carbocycles. The van der Waals surface area contributed by atoms with Crippen molar-refractivity contribution in [2.24, 2.45) is 0 Å². The highest BCUT2D eigenvalue weighted by Gasteiger charge is 2.13. The maximum atomic E-state index is 8.97. The van der Waals surface area contributed by atoms with E-state index in [0.29, 0.717) is 10.2 Å². The molecule has 16 heavy (non-hydrogen) atoms. The Labute approximate surface area is 102 Å². The van der Waals surface area contributed by atoms with Crippen LogP contribution in [-0.4, -0.2) is 9.78 Å². The van der Waals surface area contributed by atoms with E-state index in [0.717, 1.165) is 11.4 Å². The lowest BCUT2D eigenvalue weighted by atomic mass is 10.2. The van der Waals surface area contributed by atoms with E-state index in [1.165, 1.54) is 5.56 Å². The molecule has 0 fully saturated rings. The minimum absolute atomic E-state index is 0.584. The van der Waals surface area contributed by atoms with Gasteiger partial charge in [-0.1, -0.05) is 17.7 Å². The lowest BCUT2D eigenvalue weighted by Gasteiger charge is -2.03. The second-order valence-corrected chi connectivity index (χ2v) is 4.36. The number of nitrogens with zero attached hydrogens (tertiary/aromatic N) is 3. The number of benzene rings is 1. The normalized spacial score (nSPS) is 10.1. The molecule has 0 aliphatic carbocycles. The molecular formula is C12H10BrN3. The molecule has 2 rings (SSSR count). The van der Waals surface area contributed by atoms with E-state index in [1.807, 2.05) is 38.1 Å².